The van der Waals surface area contributed by atoms with Crippen LogP contribution in [0.1, 0.15) is 65.1 Å². The van der Waals surface area contributed by atoms with Crippen molar-refractivity contribution in [3.8, 4) is 0 Å². The third-order valence-corrected chi connectivity index (χ3v) is 6.19. The van der Waals surface area contributed by atoms with E-state index in [9.17, 15) is 13.2 Å². The molecule has 0 spiro atoms. The smallest absolute Gasteiger partial charge is 0.408 e. The zero-order valence-electron chi connectivity index (χ0n) is 17.0. The summed E-state index contributed by atoms with van der Waals surface area (Å²) in [6.45, 7) is 7.86. The average Bonchev–Trinajstić information content (AvgIpc) is 3.12. The van der Waals surface area contributed by atoms with Gasteiger partial charge in [-0.1, -0.05) is 12.8 Å². The number of amides is 1. The van der Waals surface area contributed by atoms with Gasteiger partial charge in [0.1, 0.15) is 5.60 Å². The van der Waals surface area contributed by atoms with Crippen molar-refractivity contribution < 1.29 is 22.7 Å². The molecule has 2 N–H and O–H groups in total. The summed E-state index contributed by atoms with van der Waals surface area (Å²) >= 11 is 0. The van der Waals surface area contributed by atoms with Gasteiger partial charge < -0.3 is 14.8 Å². The number of anilines is 1. The van der Waals surface area contributed by atoms with Crippen LogP contribution in [0.25, 0.3) is 0 Å². The maximum Gasteiger partial charge on any atom is 0.408 e. The van der Waals surface area contributed by atoms with Crippen LogP contribution >= 0.6 is 0 Å². The molecule has 1 aromatic rings. The van der Waals surface area contributed by atoms with Crippen molar-refractivity contribution in [1.29, 1.82) is 0 Å². The number of sulfonamides is 1. The lowest BCUT2D eigenvalue weighted by molar-refractivity contribution is 0.0445. The number of hydrogen-bond donors (Lipinski definition) is 2. The Kier molecular flexibility index (Phi) is 7.65. The molecule has 158 valence electrons. The van der Waals surface area contributed by atoms with Crippen LogP contribution in [0, 0.1) is 0 Å². The number of carbonyl (C=O) groups is 1. The highest BCUT2D eigenvalue weighted by Crippen LogP contribution is 2.26. The normalized spacial score (nSPS) is 16.6. The second-order valence-electron chi connectivity index (χ2n) is 7.88. The van der Waals surface area contributed by atoms with Crippen LogP contribution < -0.4 is 10.0 Å². The average molecular weight is 414 g/mol. The summed E-state index contributed by atoms with van der Waals surface area (Å²) in [6.07, 6.45) is 4.15. The molecule has 1 aliphatic rings. The molecular formula is C19H31N3O5S. The van der Waals surface area contributed by atoms with E-state index in [-0.39, 0.29) is 11.9 Å². The number of rotatable bonds is 8. The standard InChI is InChI=1S/C19H31N3O5S/c1-5-26-13-17(21-18(23)27-19(2,3)4)16-12-14(10-11-20-16)22-28(24,25)15-8-6-7-9-15/h10-12,15,17H,5-9,13H2,1-4H3,(H,20,22)(H,21,23). The number of pyridine rings is 1. The van der Waals surface area contributed by atoms with Crippen molar-refractivity contribution >= 4 is 21.8 Å². The molecule has 8 nitrogen and oxygen atoms in total. The van der Waals surface area contributed by atoms with Crippen LogP contribution in [0.2, 0.25) is 0 Å². The van der Waals surface area contributed by atoms with E-state index in [1.807, 2.05) is 6.92 Å². The fourth-order valence-electron chi connectivity index (χ4n) is 3.04. The lowest BCUT2D eigenvalue weighted by atomic mass is 10.2. The molecule has 9 heteroatoms. The third-order valence-electron chi connectivity index (χ3n) is 4.32. The Morgan fingerprint density at radius 2 is 2.00 bits per heavy atom. The van der Waals surface area contributed by atoms with Crippen molar-refractivity contribution in [2.75, 3.05) is 17.9 Å². The van der Waals surface area contributed by atoms with E-state index in [1.165, 1.54) is 6.20 Å². The first-order chi connectivity index (χ1) is 13.1. The molecule has 0 bridgehead atoms. The Bertz CT molecular complexity index is 755. The molecule has 0 aliphatic heterocycles. The van der Waals surface area contributed by atoms with Gasteiger partial charge in [-0.3, -0.25) is 9.71 Å². The molecule has 1 amide bonds. The number of nitrogens with one attached hydrogen (secondary N) is 2. The first-order valence-corrected chi connectivity index (χ1v) is 11.2. The van der Waals surface area contributed by atoms with Crippen molar-refractivity contribution in [2.45, 2.75) is 70.3 Å². The van der Waals surface area contributed by atoms with E-state index in [2.05, 4.69) is 15.0 Å². The quantitative estimate of drug-likeness (QED) is 0.677. The van der Waals surface area contributed by atoms with E-state index in [0.29, 0.717) is 30.8 Å². The van der Waals surface area contributed by atoms with Crippen molar-refractivity contribution in [2.24, 2.45) is 0 Å². The van der Waals surface area contributed by atoms with Gasteiger partial charge in [-0.05, 0) is 52.7 Å². The summed E-state index contributed by atoms with van der Waals surface area (Å²) < 4.78 is 38.5. The minimum Gasteiger partial charge on any atom is -0.444 e. The van der Waals surface area contributed by atoms with Crippen molar-refractivity contribution in [3.63, 3.8) is 0 Å². The summed E-state index contributed by atoms with van der Waals surface area (Å²) in [6, 6.07) is 2.65. The first-order valence-electron chi connectivity index (χ1n) is 9.65. The number of carbonyl (C=O) groups excluding carboxylic acids is 1. The van der Waals surface area contributed by atoms with E-state index < -0.39 is 27.8 Å². The van der Waals surface area contributed by atoms with Gasteiger partial charge in [-0.15, -0.1) is 0 Å². The Labute approximate surface area is 167 Å². The summed E-state index contributed by atoms with van der Waals surface area (Å²) in [4.78, 5) is 16.4. The van der Waals surface area contributed by atoms with Crippen LogP contribution in [-0.2, 0) is 19.5 Å². The molecule has 1 fully saturated rings. The SMILES string of the molecule is CCOCC(NC(=O)OC(C)(C)C)c1cc(NS(=O)(=O)C2CCCC2)ccn1. The number of ether oxygens (including phenoxy) is 2. The minimum atomic E-state index is -3.44. The molecule has 28 heavy (non-hydrogen) atoms. The van der Waals surface area contributed by atoms with Gasteiger partial charge in [0, 0.05) is 12.8 Å². The van der Waals surface area contributed by atoms with Crippen molar-refractivity contribution in [1.82, 2.24) is 10.3 Å². The highest BCUT2D eigenvalue weighted by molar-refractivity contribution is 7.93. The molecule has 1 heterocycles. The van der Waals surface area contributed by atoms with Crippen LogP contribution in [-0.4, -0.2) is 43.6 Å². The highest BCUT2D eigenvalue weighted by Gasteiger charge is 2.29. The van der Waals surface area contributed by atoms with Crippen LogP contribution in [0.3, 0.4) is 0 Å². The fraction of sp³-hybridized carbons (Fsp3) is 0.684. The summed E-state index contributed by atoms with van der Waals surface area (Å²) in [7, 11) is -3.44. The fourth-order valence-corrected chi connectivity index (χ4v) is 4.61. The number of aromatic nitrogens is 1. The van der Waals surface area contributed by atoms with Crippen LogP contribution in [0.5, 0.6) is 0 Å². The summed E-state index contributed by atoms with van der Waals surface area (Å²) in [5.74, 6) is 0. The zero-order chi connectivity index (χ0) is 20.8. The predicted molar refractivity (Wildman–Crippen MR) is 108 cm³/mol. The second-order valence-corrected chi connectivity index (χ2v) is 9.84. The van der Waals surface area contributed by atoms with E-state index in [4.69, 9.17) is 9.47 Å². The second kappa shape index (κ2) is 9.56. The lowest BCUT2D eigenvalue weighted by Gasteiger charge is -2.23. The van der Waals surface area contributed by atoms with Crippen molar-refractivity contribution in [3.05, 3.63) is 24.0 Å². The maximum absolute atomic E-state index is 12.5. The molecule has 1 aromatic heterocycles. The third kappa shape index (κ3) is 6.94. The molecule has 1 unspecified atom stereocenters. The topological polar surface area (TPSA) is 107 Å². The van der Waals surface area contributed by atoms with E-state index in [0.717, 1.165) is 12.8 Å². The Hall–Kier alpha value is -1.87. The zero-order valence-corrected chi connectivity index (χ0v) is 17.8. The molecular weight excluding hydrogens is 382 g/mol. The molecule has 0 aromatic carbocycles. The van der Waals surface area contributed by atoms with Gasteiger partial charge in [-0.2, -0.15) is 0 Å². The lowest BCUT2D eigenvalue weighted by Crippen LogP contribution is -2.37. The largest absolute Gasteiger partial charge is 0.444 e. The Morgan fingerprint density at radius 3 is 2.61 bits per heavy atom. The molecule has 2 rings (SSSR count). The monoisotopic (exact) mass is 413 g/mol. The predicted octanol–water partition coefficient (Wildman–Crippen LogP) is 3.37. The summed E-state index contributed by atoms with van der Waals surface area (Å²) in [5.41, 5.74) is 0.280. The van der Waals surface area contributed by atoms with Gasteiger partial charge in [0.15, 0.2) is 0 Å². The Balaban J connectivity index is 2.14. The highest BCUT2D eigenvalue weighted by atomic mass is 32.2. The molecule has 0 saturated heterocycles. The molecule has 1 atom stereocenters. The van der Waals surface area contributed by atoms with Crippen LogP contribution in [0.4, 0.5) is 10.5 Å². The number of nitrogens with zero attached hydrogens (tertiary/aromatic N) is 1. The number of hydrogen-bond acceptors (Lipinski definition) is 6. The van der Waals surface area contributed by atoms with Gasteiger partial charge in [-0.25, -0.2) is 13.2 Å². The number of alkyl carbamates (subject to hydrolysis) is 1. The summed E-state index contributed by atoms with van der Waals surface area (Å²) in [5, 5.41) is 2.39. The first kappa shape index (κ1) is 22.4. The molecule has 1 saturated carbocycles. The van der Waals surface area contributed by atoms with Gasteiger partial charge in [0.25, 0.3) is 0 Å². The maximum atomic E-state index is 12.5. The molecule has 1 aliphatic carbocycles. The van der Waals surface area contributed by atoms with Gasteiger partial charge in [0.05, 0.1) is 29.3 Å². The minimum absolute atomic E-state index is 0.196. The van der Waals surface area contributed by atoms with Gasteiger partial charge >= 0.3 is 6.09 Å². The van der Waals surface area contributed by atoms with E-state index in [1.54, 1.807) is 32.9 Å². The molecule has 0 radical (unpaired) electrons. The van der Waals surface area contributed by atoms with Gasteiger partial charge in [0.2, 0.25) is 10.0 Å². The Morgan fingerprint density at radius 1 is 1.32 bits per heavy atom. The van der Waals surface area contributed by atoms with E-state index >= 15 is 0 Å². The van der Waals surface area contributed by atoms with Crippen LogP contribution in [0.15, 0.2) is 18.3 Å².